The third-order valence-electron chi connectivity index (χ3n) is 3.96. The van der Waals surface area contributed by atoms with E-state index in [2.05, 4.69) is 10.2 Å². The number of hydrogen-bond donors (Lipinski definition) is 0. The third-order valence-corrected chi connectivity index (χ3v) is 3.96. The maximum Gasteiger partial charge on any atom is 0.351 e. The van der Waals surface area contributed by atoms with Crippen LogP contribution >= 0.6 is 0 Å². The van der Waals surface area contributed by atoms with Crippen molar-refractivity contribution in [2.75, 3.05) is 0 Å². The van der Waals surface area contributed by atoms with E-state index < -0.39 is 18.2 Å². The van der Waals surface area contributed by atoms with Crippen molar-refractivity contribution in [2.45, 2.75) is 25.7 Å². The van der Waals surface area contributed by atoms with Gasteiger partial charge in [-0.2, -0.15) is 9.90 Å². The number of ether oxygens (including phenoxy) is 3. The number of benzene rings is 2. The van der Waals surface area contributed by atoms with Crippen LogP contribution in [0, 0.1) is 0 Å². The van der Waals surface area contributed by atoms with Crippen molar-refractivity contribution in [3.8, 4) is 17.2 Å². The SMILES string of the molecule is C[C@@H]1Oc2ccccc2O[C@H]1C(=O)OCc1cnn(-c2ccccc2)n1. The van der Waals surface area contributed by atoms with Crippen LogP contribution in [0.25, 0.3) is 5.69 Å². The lowest BCUT2D eigenvalue weighted by molar-refractivity contribution is -0.159. The maximum absolute atomic E-state index is 12.4. The van der Waals surface area contributed by atoms with Crippen molar-refractivity contribution in [1.82, 2.24) is 15.0 Å². The van der Waals surface area contributed by atoms with Gasteiger partial charge in [-0.25, -0.2) is 4.79 Å². The molecule has 26 heavy (non-hydrogen) atoms. The number of nitrogens with zero attached hydrogens (tertiary/aromatic N) is 3. The summed E-state index contributed by atoms with van der Waals surface area (Å²) in [6, 6.07) is 16.7. The molecule has 0 amide bonds. The molecule has 2 aromatic carbocycles. The topological polar surface area (TPSA) is 75.5 Å². The van der Waals surface area contributed by atoms with Gasteiger partial charge in [-0.3, -0.25) is 0 Å². The van der Waals surface area contributed by atoms with Crippen LogP contribution in [0.5, 0.6) is 11.5 Å². The number of aromatic nitrogens is 3. The van der Waals surface area contributed by atoms with E-state index >= 15 is 0 Å². The highest BCUT2D eigenvalue weighted by molar-refractivity contribution is 5.76. The molecule has 1 aliphatic rings. The van der Waals surface area contributed by atoms with Crippen LogP contribution < -0.4 is 9.47 Å². The van der Waals surface area contributed by atoms with E-state index in [1.165, 1.54) is 4.80 Å². The molecule has 0 saturated heterocycles. The van der Waals surface area contributed by atoms with Gasteiger partial charge in [0, 0.05) is 0 Å². The minimum absolute atomic E-state index is 0.0138. The second-order valence-corrected chi connectivity index (χ2v) is 5.88. The molecule has 0 bridgehead atoms. The summed E-state index contributed by atoms with van der Waals surface area (Å²) in [7, 11) is 0. The second-order valence-electron chi connectivity index (χ2n) is 5.88. The zero-order chi connectivity index (χ0) is 17.9. The number of carbonyl (C=O) groups excluding carboxylic acids is 1. The smallest absolute Gasteiger partial charge is 0.351 e. The summed E-state index contributed by atoms with van der Waals surface area (Å²) < 4.78 is 16.8. The molecule has 0 radical (unpaired) electrons. The summed E-state index contributed by atoms with van der Waals surface area (Å²) in [5, 5.41) is 8.49. The van der Waals surface area contributed by atoms with Crippen LogP contribution in [0.1, 0.15) is 12.6 Å². The largest absolute Gasteiger partial charge is 0.482 e. The number of carbonyl (C=O) groups is 1. The monoisotopic (exact) mass is 351 g/mol. The Hall–Kier alpha value is -3.35. The molecule has 1 aromatic heterocycles. The summed E-state index contributed by atoms with van der Waals surface area (Å²) in [5.74, 6) is 0.652. The Morgan fingerprint density at radius 1 is 1.08 bits per heavy atom. The molecule has 0 aliphatic carbocycles. The molecule has 132 valence electrons. The van der Waals surface area contributed by atoms with Crippen LogP contribution in [-0.4, -0.2) is 33.2 Å². The quantitative estimate of drug-likeness (QED) is 0.673. The van der Waals surface area contributed by atoms with Crippen LogP contribution in [0.3, 0.4) is 0 Å². The molecular formula is C19H17N3O4. The van der Waals surface area contributed by atoms with Gasteiger partial charge in [0.1, 0.15) is 18.4 Å². The summed E-state index contributed by atoms with van der Waals surface area (Å²) >= 11 is 0. The third kappa shape index (κ3) is 3.23. The van der Waals surface area contributed by atoms with Crippen molar-refractivity contribution >= 4 is 5.97 Å². The van der Waals surface area contributed by atoms with Crippen molar-refractivity contribution in [1.29, 1.82) is 0 Å². The Morgan fingerprint density at radius 2 is 1.77 bits per heavy atom. The van der Waals surface area contributed by atoms with E-state index in [1.807, 2.05) is 42.5 Å². The van der Waals surface area contributed by atoms with Crippen molar-refractivity contribution in [2.24, 2.45) is 0 Å². The Morgan fingerprint density at radius 3 is 2.54 bits per heavy atom. The lowest BCUT2D eigenvalue weighted by Crippen LogP contribution is -2.44. The molecule has 7 nitrogen and oxygen atoms in total. The van der Waals surface area contributed by atoms with Crippen LogP contribution in [0.2, 0.25) is 0 Å². The molecule has 0 N–H and O–H groups in total. The number of hydrogen-bond acceptors (Lipinski definition) is 6. The standard InChI is InChI=1S/C19H17N3O4/c1-13-18(26-17-10-6-5-9-16(17)25-13)19(23)24-12-14-11-20-22(21-14)15-7-3-2-4-8-15/h2-11,13,18H,12H2,1H3/t13-,18+/m0/s1. The molecule has 0 spiro atoms. The Labute approximate surface area is 150 Å². The van der Waals surface area contributed by atoms with Gasteiger partial charge in [0.15, 0.2) is 11.5 Å². The van der Waals surface area contributed by atoms with E-state index in [0.29, 0.717) is 17.2 Å². The molecule has 0 fully saturated rings. The van der Waals surface area contributed by atoms with Crippen molar-refractivity contribution in [3.63, 3.8) is 0 Å². The van der Waals surface area contributed by atoms with Gasteiger partial charge < -0.3 is 14.2 Å². The minimum atomic E-state index is -0.825. The van der Waals surface area contributed by atoms with E-state index in [0.717, 1.165) is 5.69 Å². The fraction of sp³-hybridized carbons (Fsp3) is 0.211. The first kappa shape index (κ1) is 16.1. The number of para-hydroxylation sites is 3. The van der Waals surface area contributed by atoms with Crippen molar-refractivity contribution < 1.29 is 19.0 Å². The first-order chi connectivity index (χ1) is 12.7. The average molecular weight is 351 g/mol. The molecule has 1 aliphatic heterocycles. The summed E-state index contributed by atoms with van der Waals surface area (Å²) in [5.41, 5.74) is 1.38. The van der Waals surface area contributed by atoms with Gasteiger partial charge in [0.05, 0.1) is 11.9 Å². The summed E-state index contributed by atoms with van der Waals surface area (Å²) in [4.78, 5) is 13.9. The fourth-order valence-electron chi connectivity index (χ4n) is 2.65. The van der Waals surface area contributed by atoms with Gasteiger partial charge >= 0.3 is 5.97 Å². The van der Waals surface area contributed by atoms with Gasteiger partial charge in [-0.15, -0.1) is 5.10 Å². The average Bonchev–Trinajstić information content (AvgIpc) is 3.15. The van der Waals surface area contributed by atoms with Crippen molar-refractivity contribution in [3.05, 3.63) is 66.5 Å². The van der Waals surface area contributed by atoms with E-state index in [-0.39, 0.29) is 6.61 Å². The molecule has 0 unspecified atom stereocenters. The molecule has 4 rings (SSSR count). The lowest BCUT2D eigenvalue weighted by Gasteiger charge is -2.30. The second kappa shape index (κ2) is 6.87. The molecular weight excluding hydrogens is 334 g/mol. The maximum atomic E-state index is 12.4. The molecule has 2 atom stereocenters. The molecule has 0 saturated carbocycles. The Bertz CT molecular complexity index is 910. The predicted octanol–water partition coefficient (Wildman–Crippen LogP) is 2.54. The minimum Gasteiger partial charge on any atom is -0.482 e. The van der Waals surface area contributed by atoms with Crippen LogP contribution in [-0.2, 0) is 16.1 Å². The number of fused-ring (bicyclic) bond motifs is 1. The zero-order valence-electron chi connectivity index (χ0n) is 14.1. The van der Waals surface area contributed by atoms with Crippen LogP contribution in [0.15, 0.2) is 60.8 Å². The van der Waals surface area contributed by atoms with Gasteiger partial charge in [-0.1, -0.05) is 30.3 Å². The van der Waals surface area contributed by atoms with Gasteiger partial charge in [0.2, 0.25) is 6.10 Å². The molecule has 2 heterocycles. The highest BCUT2D eigenvalue weighted by atomic mass is 16.6. The molecule has 3 aromatic rings. The van der Waals surface area contributed by atoms with E-state index in [1.54, 1.807) is 25.3 Å². The normalized spacial score (nSPS) is 18.3. The summed E-state index contributed by atoms with van der Waals surface area (Å²) in [6.07, 6.45) is 0.295. The first-order valence-corrected chi connectivity index (χ1v) is 8.26. The first-order valence-electron chi connectivity index (χ1n) is 8.26. The highest BCUT2D eigenvalue weighted by Gasteiger charge is 2.35. The lowest BCUT2D eigenvalue weighted by atomic mass is 10.2. The highest BCUT2D eigenvalue weighted by Crippen LogP contribution is 2.33. The van der Waals surface area contributed by atoms with E-state index in [4.69, 9.17) is 14.2 Å². The molecule has 7 heteroatoms. The Kier molecular flexibility index (Phi) is 4.27. The van der Waals surface area contributed by atoms with Gasteiger partial charge in [-0.05, 0) is 31.2 Å². The number of esters is 1. The Balaban J connectivity index is 1.39. The van der Waals surface area contributed by atoms with Crippen LogP contribution in [0.4, 0.5) is 0 Å². The fourth-order valence-corrected chi connectivity index (χ4v) is 2.65. The predicted molar refractivity (Wildman–Crippen MR) is 92.1 cm³/mol. The number of rotatable bonds is 4. The summed E-state index contributed by atoms with van der Waals surface area (Å²) in [6.45, 7) is 1.79. The zero-order valence-corrected chi connectivity index (χ0v) is 14.1. The van der Waals surface area contributed by atoms with E-state index in [9.17, 15) is 4.79 Å². The van der Waals surface area contributed by atoms with Gasteiger partial charge in [0.25, 0.3) is 0 Å².